The third kappa shape index (κ3) is 5.52. The molecule has 1 aliphatic heterocycles. The Morgan fingerprint density at radius 1 is 1.28 bits per heavy atom. The van der Waals surface area contributed by atoms with Gasteiger partial charge in [-0.2, -0.15) is 10.5 Å². The Hall–Kier alpha value is -2.97. The number of benzene rings is 1. The fourth-order valence-electron chi connectivity index (χ4n) is 2.95. The monoisotopic (exact) mass is 413 g/mol. The molecule has 0 bridgehead atoms. The van der Waals surface area contributed by atoms with Gasteiger partial charge >= 0.3 is 5.97 Å². The van der Waals surface area contributed by atoms with Crippen LogP contribution in [-0.4, -0.2) is 30.8 Å². The van der Waals surface area contributed by atoms with Gasteiger partial charge in [0.25, 0.3) is 0 Å². The number of esters is 1. The number of allylic oxidation sites excluding steroid dienone is 1. The highest BCUT2D eigenvalue weighted by molar-refractivity contribution is 8.03. The molecule has 1 heterocycles. The Bertz CT molecular complexity index is 869. The number of carbonyl (C=O) groups excluding carboxylic acids is 2. The molecule has 152 valence electrons. The number of hydrogen-bond acceptors (Lipinski definition) is 7. The van der Waals surface area contributed by atoms with Gasteiger partial charge in [0.2, 0.25) is 5.91 Å². The SMILES string of the molecule is CCCCOC(=O)CSC1=C(C#N)[C@@H](c2ccccc2OCC)[C@H](C#N)C(=O)N1. The number of nitrogens with zero attached hydrogens (tertiary/aromatic N) is 2. The minimum absolute atomic E-state index is 0.0401. The summed E-state index contributed by atoms with van der Waals surface area (Å²) >= 11 is 1.03. The molecule has 0 spiro atoms. The van der Waals surface area contributed by atoms with Crippen molar-refractivity contribution in [3.8, 4) is 17.9 Å². The van der Waals surface area contributed by atoms with Crippen LogP contribution in [0.5, 0.6) is 5.75 Å². The van der Waals surface area contributed by atoms with Gasteiger partial charge in [0, 0.05) is 5.56 Å². The second-order valence-corrected chi connectivity index (χ2v) is 7.25. The summed E-state index contributed by atoms with van der Waals surface area (Å²) in [5, 5.41) is 22.3. The predicted molar refractivity (Wildman–Crippen MR) is 109 cm³/mol. The molecule has 2 atom stereocenters. The standard InChI is InChI=1S/C21H23N3O4S/c1-3-5-10-28-18(25)13-29-21-16(12-23)19(15(11-22)20(26)24-21)14-8-6-7-9-17(14)27-4-2/h6-9,15,19H,3-5,10,13H2,1-2H3,(H,24,26)/t15-,19-/m0/s1. The van der Waals surface area contributed by atoms with E-state index in [1.54, 1.807) is 24.3 Å². The highest BCUT2D eigenvalue weighted by Crippen LogP contribution is 2.42. The first kappa shape index (κ1) is 22.3. The minimum Gasteiger partial charge on any atom is -0.494 e. The highest BCUT2D eigenvalue weighted by Gasteiger charge is 2.40. The molecule has 29 heavy (non-hydrogen) atoms. The predicted octanol–water partition coefficient (Wildman–Crippen LogP) is 3.25. The topological polar surface area (TPSA) is 112 Å². The zero-order valence-corrected chi connectivity index (χ0v) is 17.3. The number of nitriles is 2. The van der Waals surface area contributed by atoms with Crippen molar-refractivity contribution in [2.75, 3.05) is 19.0 Å². The maximum atomic E-state index is 12.6. The summed E-state index contributed by atoms with van der Waals surface area (Å²) in [6.45, 7) is 4.58. The summed E-state index contributed by atoms with van der Waals surface area (Å²) in [7, 11) is 0. The van der Waals surface area contributed by atoms with Gasteiger partial charge in [-0.3, -0.25) is 9.59 Å². The van der Waals surface area contributed by atoms with Crippen LogP contribution in [0.1, 0.15) is 38.2 Å². The number of carbonyl (C=O) groups is 2. The Labute approximate surface area is 174 Å². The molecule has 0 saturated heterocycles. The molecule has 1 N–H and O–H groups in total. The van der Waals surface area contributed by atoms with E-state index in [-0.39, 0.29) is 16.4 Å². The van der Waals surface area contributed by atoms with Gasteiger partial charge in [-0.15, -0.1) is 0 Å². The lowest BCUT2D eigenvalue weighted by Crippen LogP contribution is -2.39. The van der Waals surface area contributed by atoms with E-state index in [0.717, 1.165) is 24.6 Å². The summed E-state index contributed by atoms with van der Waals surface area (Å²) in [6, 6.07) is 11.2. The molecule has 1 amide bonds. The smallest absolute Gasteiger partial charge is 0.316 e. The number of para-hydroxylation sites is 1. The molecule has 2 rings (SSSR count). The molecule has 1 aromatic rings. The maximum absolute atomic E-state index is 12.6. The lowest BCUT2D eigenvalue weighted by atomic mass is 9.79. The van der Waals surface area contributed by atoms with E-state index in [9.17, 15) is 20.1 Å². The van der Waals surface area contributed by atoms with Gasteiger partial charge in [-0.05, 0) is 19.4 Å². The Balaban J connectivity index is 2.36. The number of nitrogens with one attached hydrogen (secondary N) is 1. The summed E-state index contributed by atoms with van der Waals surface area (Å²) in [5.41, 5.74) is 0.825. The van der Waals surface area contributed by atoms with Crippen molar-refractivity contribution >= 4 is 23.6 Å². The van der Waals surface area contributed by atoms with Crippen molar-refractivity contribution in [2.45, 2.75) is 32.6 Å². The average Bonchev–Trinajstić information content (AvgIpc) is 2.72. The number of rotatable bonds is 9. The minimum atomic E-state index is -1.08. The van der Waals surface area contributed by atoms with E-state index in [2.05, 4.69) is 11.4 Å². The molecule has 0 fully saturated rings. The second-order valence-electron chi connectivity index (χ2n) is 6.26. The Morgan fingerprint density at radius 3 is 2.69 bits per heavy atom. The highest BCUT2D eigenvalue weighted by atomic mass is 32.2. The average molecular weight is 413 g/mol. The molecule has 0 aliphatic carbocycles. The van der Waals surface area contributed by atoms with Crippen LogP contribution in [0.25, 0.3) is 0 Å². The third-order valence-electron chi connectivity index (χ3n) is 4.32. The van der Waals surface area contributed by atoms with Gasteiger partial charge in [-0.1, -0.05) is 43.3 Å². The quantitative estimate of drug-likeness (QED) is 0.488. The molecule has 0 aromatic heterocycles. The first-order valence-corrected chi connectivity index (χ1v) is 10.4. The molecule has 1 aliphatic rings. The molecule has 1 aromatic carbocycles. The molecule has 0 saturated carbocycles. The lowest BCUT2D eigenvalue weighted by Gasteiger charge is -2.29. The number of hydrogen-bond donors (Lipinski definition) is 1. The van der Waals surface area contributed by atoms with Crippen LogP contribution >= 0.6 is 11.8 Å². The van der Waals surface area contributed by atoms with Crippen molar-refractivity contribution in [3.05, 3.63) is 40.4 Å². The van der Waals surface area contributed by atoms with E-state index in [4.69, 9.17) is 9.47 Å². The van der Waals surface area contributed by atoms with Crippen LogP contribution in [0.15, 0.2) is 34.9 Å². The van der Waals surface area contributed by atoms with Gasteiger partial charge in [0.05, 0.1) is 47.6 Å². The van der Waals surface area contributed by atoms with Gasteiger partial charge in [0.15, 0.2) is 0 Å². The normalized spacial score (nSPS) is 18.4. The van der Waals surface area contributed by atoms with Crippen LogP contribution in [0.2, 0.25) is 0 Å². The number of thioether (sulfide) groups is 1. The molecular formula is C21H23N3O4S. The molecule has 8 heteroatoms. The van der Waals surface area contributed by atoms with E-state index < -0.39 is 23.7 Å². The molecular weight excluding hydrogens is 390 g/mol. The van der Waals surface area contributed by atoms with Crippen molar-refractivity contribution in [1.29, 1.82) is 10.5 Å². The maximum Gasteiger partial charge on any atom is 0.316 e. The third-order valence-corrected chi connectivity index (χ3v) is 5.31. The fourth-order valence-corrected chi connectivity index (χ4v) is 3.79. The van der Waals surface area contributed by atoms with Gasteiger partial charge < -0.3 is 14.8 Å². The number of ether oxygens (including phenoxy) is 2. The Morgan fingerprint density at radius 2 is 2.03 bits per heavy atom. The van der Waals surface area contributed by atoms with E-state index >= 15 is 0 Å². The van der Waals surface area contributed by atoms with Gasteiger partial charge in [0.1, 0.15) is 11.7 Å². The van der Waals surface area contributed by atoms with E-state index in [1.165, 1.54) is 0 Å². The van der Waals surface area contributed by atoms with Crippen molar-refractivity contribution in [1.82, 2.24) is 5.32 Å². The summed E-state index contributed by atoms with van der Waals surface area (Å²) in [5.74, 6) is -2.30. The summed E-state index contributed by atoms with van der Waals surface area (Å²) in [6.07, 6.45) is 1.69. The van der Waals surface area contributed by atoms with Crippen LogP contribution < -0.4 is 10.1 Å². The van der Waals surface area contributed by atoms with Crippen molar-refractivity contribution in [3.63, 3.8) is 0 Å². The van der Waals surface area contributed by atoms with Gasteiger partial charge in [-0.25, -0.2) is 0 Å². The van der Waals surface area contributed by atoms with Crippen molar-refractivity contribution in [2.24, 2.45) is 5.92 Å². The lowest BCUT2D eigenvalue weighted by molar-refractivity contribution is -0.140. The number of amides is 1. The summed E-state index contributed by atoms with van der Waals surface area (Å²) < 4.78 is 10.8. The molecule has 0 radical (unpaired) electrons. The van der Waals surface area contributed by atoms with E-state index in [0.29, 0.717) is 24.5 Å². The fraction of sp³-hybridized carbons (Fsp3) is 0.429. The van der Waals surface area contributed by atoms with Crippen LogP contribution in [0.3, 0.4) is 0 Å². The Kier molecular flexibility index (Phi) is 8.57. The zero-order chi connectivity index (χ0) is 21.2. The second kappa shape index (κ2) is 11.1. The molecule has 7 nitrogen and oxygen atoms in total. The number of unbranched alkanes of at least 4 members (excludes halogenated alkanes) is 1. The summed E-state index contributed by atoms with van der Waals surface area (Å²) in [4.78, 5) is 24.5. The van der Waals surface area contributed by atoms with Crippen LogP contribution in [0.4, 0.5) is 0 Å². The first-order valence-electron chi connectivity index (χ1n) is 9.42. The first-order chi connectivity index (χ1) is 14.1. The van der Waals surface area contributed by atoms with Crippen molar-refractivity contribution < 1.29 is 19.1 Å². The van der Waals surface area contributed by atoms with Crippen LogP contribution in [-0.2, 0) is 14.3 Å². The molecule has 0 unspecified atom stereocenters. The largest absolute Gasteiger partial charge is 0.494 e. The van der Waals surface area contributed by atoms with E-state index in [1.807, 2.05) is 19.9 Å². The van der Waals surface area contributed by atoms with Crippen LogP contribution in [0, 0.1) is 28.6 Å². The zero-order valence-electron chi connectivity index (χ0n) is 16.4.